The highest BCUT2D eigenvalue weighted by molar-refractivity contribution is 6.08. The minimum absolute atomic E-state index is 1.17. The van der Waals surface area contributed by atoms with E-state index in [9.17, 15) is 0 Å². The third kappa shape index (κ3) is 1.20. The van der Waals surface area contributed by atoms with Crippen LogP contribution in [0.3, 0.4) is 0 Å². The number of rotatable bonds is 1. The lowest BCUT2D eigenvalue weighted by Gasteiger charge is -1.85. The Labute approximate surface area is 53.0 Å². The summed E-state index contributed by atoms with van der Waals surface area (Å²) in [7, 11) is 1.98. The minimum atomic E-state index is 1.17. The third-order valence-electron chi connectivity index (χ3n) is 1.13. The third-order valence-corrected chi connectivity index (χ3v) is 1.71. The van der Waals surface area contributed by atoms with Crippen LogP contribution in [-0.4, -0.2) is 10.2 Å². The molecule has 0 saturated heterocycles. The molecule has 0 fully saturated rings. The molecule has 0 heterocycles. The van der Waals surface area contributed by atoms with Gasteiger partial charge in [0.25, 0.3) is 10.2 Å². The van der Waals surface area contributed by atoms with Gasteiger partial charge in [0.1, 0.15) is 0 Å². The summed E-state index contributed by atoms with van der Waals surface area (Å²) < 4.78 is 0. The van der Waals surface area contributed by atoms with Gasteiger partial charge in [-0.25, -0.2) is 0 Å². The zero-order valence-electron chi connectivity index (χ0n) is 4.80. The molecule has 0 atom stereocenters. The minimum Gasteiger partial charge on any atom is -0.0622 e. The van der Waals surface area contributed by atoms with Crippen molar-refractivity contribution < 1.29 is 0 Å². The van der Waals surface area contributed by atoms with Gasteiger partial charge in [-0.2, -0.15) is 0 Å². The molecule has 0 bridgehead atoms. The fourth-order valence-electron chi connectivity index (χ4n) is 0.645. The maximum absolute atomic E-state index is 2.15. The highest BCUT2D eigenvalue weighted by Gasteiger charge is 1.86. The molecule has 0 aliphatic carbocycles. The van der Waals surface area contributed by atoms with Crippen molar-refractivity contribution >= 4 is 10.2 Å². The van der Waals surface area contributed by atoms with Gasteiger partial charge in [-0.3, -0.25) is 0 Å². The van der Waals surface area contributed by atoms with Crippen LogP contribution in [0.1, 0.15) is 5.56 Å². The fraction of sp³-hybridized carbons (Fsp3) is 0.143. The molecule has 0 nitrogen and oxygen atoms in total. The fourth-order valence-corrected chi connectivity index (χ4v) is 0.978. The van der Waals surface area contributed by atoms with Crippen molar-refractivity contribution in [1.29, 1.82) is 0 Å². The first-order valence-electron chi connectivity index (χ1n) is 2.76. The molecule has 1 rings (SSSR count). The Bertz CT molecular complexity index is 146. The van der Waals surface area contributed by atoms with Gasteiger partial charge in [0, 0.05) is 0 Å². The zero-order valence-corrected chi connectivity index (χ0v) is 6.22. The van der Waals surface area contributed by atoms with Gasteiger partial charge in [0.05, 0.1) is 6.04 Å². The molecule has 0 unspecified atom stereocenters. The molecule has 0 aromatic heterocycles. The average molecular weight is 121 g/mol. The quantitative estimate of drug-likeness (QED) is 0.483. The Hall–Kier alpha value is -0.563. The molecule has 1 aromatic rings. The van der Waals surface area contributed by atoms with Crippen LogP contribution in [0.25, 0.3) is 0 Å². The normalized spacial score (nSPS) is 9.00. The van der Waals surface area contributed by atoms with Gasteiger partial charge in [0.2, 0.25) is 0 Å². The second kappa shape index (κ2) is 2.67. The van der Waals surface area contributed by atoms with Crippen LogP contribution < -0.4 is 0 Å². The van der Waals surface area contributed by atoms with Gasteiger partial charge in [0.15, 0.2) is 0 Å². The SMILES string of the molecule is [SiH2+]Cc1ccccc1. The monoisotopic (exact) mass is 121 g/mol. The van der Waals surface area contributed by atoms with Crippen molar-refractivity contribution in [3.05, 3.63) is 35.9 Å². The zero-order chi connectivity index (χ0) is 5.82. The van der Waals surface area contributed by atoms with Crippen molar-refractivity contribution in [2.45, 2.75) is 6.04 Å². The number of hydrogen-bond acceptors (Lipinski definition) is 0. The second-order valence-electron chi connectivity index (χ2n) is 1.74. The first kappa shape index (κ1) is 5.57. The second-order valence-corrected chi connectivity index (χ2v) is 2.24. The molecule has 8 heavy (non-hydrogen) atoms. The van der Waals surface area contributed by atoms with Crippen LogP contribution in [0.4, 0.5) is 0 Å². The Morgan fingerprint density at radius 3 is 2.12 bits per heavy atom. The Morgan fingerprint density at radius 1 is 1.12 bits per heavy atom. The maximum atomic E-state index is 2.15. The van der Waals surface area contributed by atoms with E-state index in [1.54, 1.807) is 0 Å². The van der Waals surface area contributed by atoms with Gasteiger partial charge < -0.3 is 0 Å². The summed E-state index contributed by atoms with van der Waals surface area (Å²) in [6, 6.07) is 11.6. The molecule has 0 aliphatic heterocycles. The molecule has 0 saturated carbocycles. The van der Waals surface area contributed by atoms with Crippen molar-refractivity contribution in [2.75, 3.05) is 0 Å². The standard InChI is InChI=1S/C7H9Si/c8-6-7-4-2-1-3-5-7/h1-5H,6,8H2/q+1. The molecule has 1 aromatic carbocycles. The van der Waals surface area contributed by atoms with Crippen molar-refractivity contribution in [2.24, 2.45) is 0 Å². The van der Waals surface area contributed by atoms with Crippen molar-refractivity contribution in [3.8, 4) is 0 Å². The van der Waals surface area contributed by atoms with Crippen LogP contribution in [-0.2, 0) is 6.04 Å². The molecular formula is C7H9Si+. The largest absolute Gasteiger partial charge is 0.288 e. The summed E-state index contributed by atoms with van der Waals surface area (Å²) in [6.07, 6.45) is 0. The Morgan fingerprint density at radius 2 is 1.75 bits per heavy atom. The van der Waals surface area contributed by atoms with Gasteiger partial charge in [-0.15, -0.1) is 0 Å². The molecule has 0 N–H and O–H groups in total. The molecule has 0 aliphatic rings. The number of hydrogen-bond donors (Lipinski definition) is 0. The van der Waals surface area contributed by atoms with Gasteiger partial charge in [-0.05, 0) is 5.56 Å². The molecule has 1 heteroatoms. The lowest BCUT2D eigenvalue weighted by atomic mass is 10.2. The van der Waals surface area contributed by atoms with E-state index in [4.69, 9.17) is 0 Å². The molecule has 40 valence electrons. The van der Waals surface area contributed by atoms with Crippen molar-refractivity contribution in [1.82, 2.24) is 0 Å². The maximum Gasteiger partial charge on any atom is 0.288 e. The smallest absolute Gasteiger partial charge is 0.0622 e. The van der Waals surface area contributed by atoms with Crippen LogP contribution in [0.5, 0.6) is 0 Å². The predicted octanol–water partition coefficient (Wildman–Crippen LogP) is 0.820. The summed E-state index contributed by atoms with van der Waals surface area (Å²) in [6.45, 7) is 0. The summed E-state index contributed by atoms with van der Waals surface area (Å²) >= 11 is 0. The van der Waals surface area contributed by atoms with E-state index >= 15 is 0 Å². The average Bonchev–Trinajstić information content (AvgIpc) is 1.90. The van der Waals surface area contributed by atoms with E-state index in [1.807, 2.05) is 16.3 Å². The molecule has 0 amide bonds. The van der Waals surface area contributed by atoms with E-state index in [1.165, 1.54) is 11.6 Å². The number of benzene rings is 1. The first-order valence-corrected chi connectivity index (χ1v) is 3.76. The molecular weight excluding hydrogens is 112 g/mol. The van der Waals surface area contributed by atoms with E-state index in [0.717, 1.165) is 0 Å². The lowest BCUT2D eigenvalue weighted by Crippen LogP contribution is -1.78. The topological polar surface area (TPSA) is 0 Å². The molecule has 0 radical (unpaired) electrons. The van der Waals surface area contributed by atoms with E-state index < -0.39 is 0 Å². The highest BCUT2D eigenvalue weighted by Crippen LogP contribution is 1.95. The van der Waals surface area contributed by atoms with E-state index in [2.05, 4.69) is 24.3 Å². The van der Waals surface area contributed by atoms with Crippen molar-refractivity contribution in [3.63, 3.8) is 0 Å². The van der Waals surface area contributed by atoms with Crippen LogP contribution in [0.2, 0.25) is 0 Å². The summed E-state index contributed by atoms with van der Waals surface area (Å²) in [5, 5.41) is 0. The predicted molar refractivity (Wildman–Crippen MR) is 38.7 cm³/mol. The molecule has 0 spiro atoms. The van der Waals surface area contributed by atoms with Crippen LogP contribution in [0.15, 0.2) is 30.3 Å². The Kier molecular flexibility index (Phi) is 1.86. The Balaban J connectivity index is 2.83. The van der Waals surface area contributed by atoms with Gasteiger partial charge >= 0.3 is 0 Å². The van der Waals surface area contributed by atoms with E-state index in [0.29, 0.717) is 0 Å². The lowest BCUT2D eigenvalue weighted by molar-refractivity contribution is 1.40. The van der Waals surface area contributed by atoms with Gasteiger partial charge in [-0.1, -0.05) is 30.3 Å². The first-order chi connectivity index (χ1) is 3.93. The highest BCUT2D eigenvalue weighted by atomic mass is 28.1. The summed E-state index contributed by atoms with van der Waals surface area (Å²) in [5.74, 6) is 0. The van der Waals surface area contributed by atoms with Crippen LogP contribution >= 0.6 is 0 Å². The van der Waals surface area contributed by atoms with Crippen LogP contribution in [0, 0.1) is 0 Å². The van der Waals surface area contributed by atoms with E-state index in [-0.39, 0.29) is 0 Å². The summed E-state index contributed by atoms with van der Waals surface area (Å²) in [5.41, 5.74) is 1.42. The summed E-state index contributed by atoms with van der Waals surface area (Å²) in [4.78, 5) is 0.